The fourth-order valence-electron chi connectivity index (χ4n) is 6.62. The van der Waals surface area contributed by atoms with E-state index in [0.717, 1.165) is 25.7 Å². The van der Waals surface area contributed by atoms with E-state index in [1.165, 1.54) is 5.76 Å². The summed E-state index contributed by atoms with van der Waals surface area (Å²) >= 11 is 0. The molecule has 2 unspecified atom stereocenters. The molecular formula is C24H42O2Si. The van der Waals surface area contributed by atoms with Crippen LogP contribution in [0.5, 0.6) is 0 Å². The Hall–Kier alpha value is -0.833. The van der Waals surface area contributed by atoms with Gasteiger partial charge in [0, 0.05) is 18.3 Å². The average Bonchev–Trinajstić information content (AvgIpc) is 2.92. The SMILES string of the molecule is C=CCCC12CCC(=O)[C@@H]1[C@H](C)C=C(O[Si](C(C)C)(C(C)C)C(C)C)C2C. The van der Waals surface area contributed by atoms with Crippen LogP contribution in [-0.2, 0) is 9.22 Å². The minimum Gasteiger partial charge on any atom is -0.546 e. The molecule has 0 saturated heterocycles. The Morgan fingerprint density at radius 1 is 1.19 bits per heavy atom. The highest BCUT2D eigenvalue weighted by Crippen LogP contribution is 2.59. The van der Waals surface area contributed by atoms with Crippen molar-refractivity contribution in [1.82, 2.24) is 0 Å². The molecule has 0 amide bonds. The number of rotatable bonds is 8. The molecule has 0 aromatic carbocycles. The largest absolute Gasteiger partial charge is 0.546 e. The first kappa shape index (κ1) is 22.5. The molecular weight excluding hydrogens is 348 g/mol. The number of hydrogen-bond donors (Lipinski definition) is 0. The molecule has 3 heteroatoms. The van der Waals surface area contributed by atoms with Crippen molar-refractivity contribution in [2.75, 3.05) is 0 Å². The third-order valence-corrected chi connectivity index (χ3v) is 13.9. The lowest BCUT2D eigenvalue weighted by atomic mass is 9.59. The molecule has 2 nitrogen and oxygen atoms in total. The highest BCUT2D eigenvalue weighted by molar-refractivity contribution is 6.77. The van der Waals surface area contributed by atoms with Gasteiger partial charge < -0.3 is 4.43 Å². The van der Waals surface area contributed by atoms with E-state index >= 15 is 0 Å². The zero-order chi connectivity index (χ0) is 20.6. The molecule has 0 radical (unpaired) electrons. The van der Waals surface area contributed by atoms with Gasteiger partial charge in [-0.1, -0.05) is 61.5 Å². The van der Waals surface area contributed by atoms with Crippen molar-refractivity contribution in [2.45, 2.75) is 97.7 Å². The van der Waals surface area contributed by atoms with Crippen LogP contribution in [0.4, 0.5) is 0 Å². The molecule has 0 spiro atoms. The molecule has 4 atom stereocenters. The van der Waals surface area contributed by atoms with Crippen molar-refractivity contribution >= 4 is 14.1 Å². The van der Waals surface area contributed by atoms with Crippen LogP contribution < -0.4 is 0 Å². The summed E-state index contributed by atoms with van der Waals surface area (Å²) in [5.74, 6) is 2.41. The van der Waals surface area contributed by atoms with Gasteiger partial charge in [-0.25, -0.2) is 0 Å². The summed E-state index contributed by atoms with van der Waals surface area (Å²) in [6.07, 6.45) is 8.11. The summed E-state index contributed by atoms with van der Waals surface area (Å²) in [7, 11) is -1.98. The maximum absolute atomic E-state index is 12.8. The minimum absolute atomic E-state index is 0.0554. The van der Waals surface area contributed by atoms with Gasteiger partial charge in [0.25, 0.3) is 8.32 Å². The highest BCUT2D eigenvalue weighted by Gasteiger charge is 2.57. The van der Waals surface area contributed by atoms with Gasteiger partial charge >= 0.3 is 0 Å². The maximum atomic E-state index is 12.8. The first-order chi connectivity index (χ1) is 12.5. The number of carbonyl (C=O) groups is 1. The van der Waals surface area contributed by atoms with Crippen molar-refractivity contribution in [3.63, 3.8) is 0 Å². The van der Waals surface area contributed by atoms with Crippen LogP contribution in [0.3, 0.4) is 0 Å². The van der Waals surface area contributed by atoms with Gasteiger partial charge in [0.2, 0.25) is 0 Å². The lowest BCUT2D eigenvalue weighted by Gasteiger charge is -2.50. The predicted octanol–water partition coefficient (Wildman–Crippen LogP) is 7.28. The van der Waals surface area contributed by atoms with Crippen molar-refractivity contribution in [2.24, 2.45) is 23.2 Å². The van der Waals surface area contributed by atoms with Gasteiger partial charge in [-0.2, -0.15) is 0 Å². The molecule has 1 saturated carbocycles. The molecule has 0 heterocycles. The Balaban J connectivity index is 2.48. The highest BCUT2D eigenvalue weighted by atomic mass is 28.4. The lowest BCUT2D eigenvalue weighted by molar-refractivity contribution is -0.125. The van der Waals surface area contributed by atoms with Gasteiger partial charge in [0.1, 0.15) is 5.78 Å². The van der Waals surface area contributed by atoms with Crippen LogP contribution in [0.25, 0.3) is 0 Å². The number of Topliss-reactive ketones (excluding diaryl/α,β-unsaturated/α-hetero) is 1. The summed E-state index contributed by atoms with van der Waals surface area (Å²) in [4.78, 5) is 12.8. The number of hydrogen-bond acceptors (Lipinski definition) is 2. The Kier molecular flexibility index (Phi) is 6.88. The molecule has 0 aromatic heterocycles. The standard InChI is InChI=1S/C24H42O2Si/c1-10-11-13-24-14-12-21(25)23(24)19(8)15-22(20(24)9)26-27(16(2)3,17(4)5)18(6)7/h10,15-20,23H,1,11-14H2,2-9H3/t19-,20?,23+,24?/m1/s1. The van der Waals surface area contributed by atoms with Gasteiger partial charge in [-0.3, -0.25) is 4.79 Å². The quantitative estimate of drug-likeness (QED) is 0.321. The van der Waals surface area contributed by atoms with E-state index in [2.05, 4.69) is 68.0 Å². The van der Waals surface area contributed by atoms with Crippen LogP contribution >= 0.6 is 0 Å². The topological polar surface area (TPSA) is 26.3 Å². The fourth-order valence-corrected chi connectivity index (χ4v) is 12.0. The van der Waals surface area contributed by atoms with E-state index < -0.39 is 8.32 Å². The van der Waals surface area contributed by atoms with Crippen molar-refractivity contribution < 1.29 is 9.22 Å². The second-order valence-electron chi connectivity index (χ2n) is 10.1. The van der Waals surface area contributed by atoms with Gasteiger partial charge in [0.15, 0.2) is 0 Å². The summed E-state index contributed by atoms with van der Waals surface area (Å²) in [6, 6.07) is 0. The van der Waals surface area contributed by atoms with E-state index in [1.54, 1.807) is 0 Å². The van der Waals surface area contributed by atoms with E-state index in [1.807, 2.05) is 6.08 Å². The third-order valence-electron chi connectivity index (χ3n) is 7.86. The molecule has 0 aliphatic heterocycles. The predicted molar refractivity (Wildman–Crippen MR) is 118 cm³/mol. The molecule has 0 aromatic rings. The van der Waals surface area contributed by atoms with Crippen molar-refractivity contribution in [1.29, 1.82) is 0 Å². The van der Waals surface area contributed by atoms with Crippen LogP contribution in [-0.4, -0.2) is 14.1 Å². The molecule has 2 rings (SSSR count). The van der Waals surface area contributed by atoms with Crippen LogP contribution in [0, 0.1) is 23.2 Å². The van der Waals surface area contributed by atoms with Crippen LogP contribution in [0.2, 0.25) is 16.6 Å². The molecule has 154 valence electrons. The number of ketones is 1. The minimum atomic E-state index is -1.98. The zero-order valence-electron chi connectivity index (χ0n) is 19.0. The smallest absolute Gasteiger partial charge is 0.258 e. The molecule has 1 fully saturated rings. The number of fused-ring (bicyclic) bond motifs is 1. The molecule has 0 bridgehead atoms. The lowest BCUT2D eigenvalue weighted by Crippen LogP contribution is -2.50. The number of carbonyl (C=O) groups excluding carboxylic acids is 1. The fraction of sp³-hybridized carbons (Fsp3) is 0.792. The van der Waals surface area contributed by atoms with E-state index in [-0.39, 0.29) is 17.3 Å². The van der Waals surface area contributed by atoms with Crippen molar-refractivity contribution in [3.8, 4) is 0 Å². The summed E-state index contributed by atoms with van der Waals surface area (Å²) in [5, 5.41) is 0. The second-order valence-corrected chi connectivity index (χ2v) is 15.4. The van der Waals surface area contributed by atoms with E-state index in [4.69, 9.17) is 4.43 Å². The van der Waals surface area contributed by atoms with Gasteiger partial charge in [-0.15, -0.1) is 6.58 Å². The zero-order valence-corrected chi connectivity index (χ0v) is 20.0. The summed E-state index contributed by atoms with van der Waals surface area (Å²) in [6.45, 7) is 22.6. The Morgan fingerprint density at radius 3 is 2.22 bits per heavy atom. The van der Waals surface area contributed by atoms with E-state index in [9.17, 15) is 4.79 Å². The molecule has 27 heavy (non-hydrogen) atoms. The number of allylic oxidation sites excluding steroid dienone is 3. The maximum Gasteiger partial charge on any atom is 0.258 e. The van der Waals surface area contributed by atoms with Gasteiger partial charge in [0.05, 0.1) is 5.76 Å². The Labute approximate surface area is 169 Å². The van der Waals surface area contributed by atoms with Crippen LogP contribution in [0.15, 0.2) is 24.5 Å². The van der Waals surface area contributed by atoms with Crippen molar-refractivity contribution in [3.05, 3.63) is 24.5 Å². The van der Waals surface area contributed by atoms with Gasteiger partial charge in [-0.05, 0) is 53.3 Å². The first-order valence-corrected chi connectivity index (χ1v) is 13.2. The second kappa shape index (κ2) is 8.27. The summed E-state index contributed by atoms with van der Waals surface area (Å²) < 4.78 is 7.16. The van der Waals surface area contributed by atoms with Crippen LogP contribution in [0.1, 0.15) is 81.1 Å². The third kappa shape index (κ3) is 3.61. The van der Waals surface area contributed by atoms with E-state index in [0.29, 0.717) is 28.3 Å². The molecule has 2 aliphatic rings. The molecule has 0 N–H and O–H groups in total. The average molecular weight is 391 g/mol. The first-order valence-electron chi connectivity index (χ1n) is 11.1. The Bertz CT molecular complexity index is 567. The molecule has 2 aliphatic carbocycles. The summed E-state index contributed by atoms with van der Waals surface area (Å²) in [5.41, 5.74) is 1.74. The monoisotopic (exact) mass is 390 g/mol. The Morgan fingerprint density at radius 2 is 1.74 bits per heavy atom. The normalized spacial score (nSPS) is 31.4.